The first-order valence-electron chi connectivity index (χ1n) is 8.81. The molecule has 1 N–H and O–H groups in total. The Morgan fingerprint density at radius 2 is 1.80 bits per heavy atom. The fourth-order valence-corrected chi connectivity index (χ4v) is 3.75. The van der Waals surface area contributed by atoms with Crippen molar-refractivity contribution in [1.82, 2.24) is 9.88 Å². The molecule has 1 aromatic heterocycles. The molecule has 2 aromatic carbocycles. The summed E-state index contributed by atoms with van der Waals surface area (Å²) in [6.45, 7) is 1.70. The van der Waals surface area contributed by atoms with Gasteiger partial charge in [-0.1, -0.05) is 30.3 Å². The first-order chi connectivity index (χ1) is 12.2. The first-order valence-corrected chi connectivity index (χ1v) is 8.81. The van der Waals surface area contributed by atoms with E-state index in [-0.39, 0.29) is 17.6 Å². The number of nitrogens with one attached hydrogen (secondary N) is 1. The summed E-state index contributed by atoms with van der Waals surface area (Å²) in [5.74, 6) is -0.158. The maximum absolute atomic E-state index is 13.4. The molecule has 1 aliphatic heterocycles. The molecule has 25 heavy (non-hydrogen) atoms. The molecular formula is C21H21FN2O. The maximum Gasteiger partial charge on any atom is 0.223 e. The molecule has 1 amide bonds. The number of hydrogen-bond acceptors (Lipinski definition) is 1. The molecule has 0 aliphatic carbocycles. The quantitative estimate of drug-likeness (QED) is 0.751. The Morgan fingerprint density at radius 1 is 1.08 bits per heavy atom. The molecule has 4 heteroatoms. The predicted molar refractivity (Wildman–Crippen MR) is 97.0 cm³/mol. The zero-order valence-corrected chi connectivity index (χ0v) is 14.0. The number of fused-ring (bicyclic) bond motifs is 1. The van der Waals surface area contributed by atoms with Crippen LogP contribution in [0.4, 0.5) is 4.39 Å². The van der Waals surface area contributed by atoms with Gasteiger partial charge >= 0.3 is 0 Å². The van der Waals surface area contributed by atoms with Crippen molar-refractivity contribution in [1.29, 1.82) is 0 Å². The standard InChI is InChI=1S/C21H21FN2O/c22-16-9-7-15(8-10-16)18(13-21(25)24-11-3-4-12-24)19-14-23-20-6-2-1-5-17(19)20/h1-2,5-10,14,18,23H,3-4,11-13H2. The summed E-state index contributed by atoms with van der Waals surface area (Å²) in [7, 11) is 0. The van der Waals surface area contributed by atoms with Crippen LogP contribution in [0.25, 0.3) is 10.9 Å². The second-order valence-corrected chi connectivity index (χ2v) is 6.69. The Hall–Kier alpha value is -2.62. The maximum atomic E-state index is 13.4. The van der Waals surface area contributed by atoms with Gasteiger partial charge in [-0.25, -0.2) is 4.39 Å². The van der Waals surface area contributed by atoms with E-state index in [2.05, 4.69) is 11.1 Å². The lowest BCUT2D eigenvalue weighted by Gasteiger charge is -2.21. The minimum atomic E-state index is -0.257. The van der Waals surface area contributed by atoms with Crippen LogP contribution in [0.5, 0.6) is 0 Å². The van der Waals surface area contributed by atoms with Gasteiger partial charge in [-0.2, -0.15) is 0 Å². The van der Waals surface area contributed by atoms with Crippen LogP contribution in [0, 0.1) is 5.82 Å². The van der Waals surface area contributed by atoms with Gasteiger partial charge < -0.3 is 9.88 Å². The fourth-order valence-electron chi connectivity index (χ4n) is 3.75. The van der Waals surface area contributed by atoms with E-state index in [1.807, 2.05) is 29.3 Å². The summed E-state index contributed by atoms with van der Waals surface area (Å²) in [5, 5.41) is 1.12. The number of benzene rings is 2. The van der Waals surface area contributed by atoms with Crippen LogP contribution in [0.2, 0.25) is 0 Å². The van der Waals surface area contributed by atoms with E-state index in [0.717, 1.165) is 48.0 Å². The number of halogens is 1. The SMILES string of the molecule is O=C(CC(c1ccc(F)cc1)c1c[nH]c2ccccc12)N1CCCC1. The van der Waals surface area contributed by atoms with Gasteiger partial charge in [0.15, 0.2) is 0 Å². The van der Waals surface area contributed by atoms with Gasteiger partial charge in [0.25, 0.3) is 0 Å². The average Bonchev–Trinajstić information content (AvgIpc) is 3.30. The van der Waals surface area contributed by atoms with Crippen molar-refractivity contribution in [2.75, 3.05) is 13.1 Å². The summed E-state index contributed by atoms with van der Waals surface area (Å²) in [4.78, 5) is 18.0. The van der Waals surface area contributed by atoms with Gasteiger partial charge in [-0.15, -0.1) is 0 Å². The molecular weight excluding hydrogens is 315 g/mol. The summed E-state index contributed by atoms with van der Waals surface area (Å²) in [5.41, 5.74) is 3.12. The monoisotopic (exact) mass is 336 g/mol. The lowest BCUT2D eigenvalue weighted by molar-refractivity contribution is -0.130. The third-order valence-corrected chi connectivity index (χ3v) is 5.11. The highest BCUT2D eigenvalue weighted by molar-refractivity contribution is 5.86. The van der Waals surface area contributed by atoms with Crippen molar-refractivity contribution in [2.45, 2.75) is 25.2 Å². The molecule has 3 aromatic rings. The molecule has 1 saturated heterocycles. The predicted octanol–water partition coefficient (Wildman–Crippen LogP) is 4.45. The van der Waals surface area contributed by atoms with Gasteiger partial charge in [-0.3, -0.25) is 4.79 Å². The Balaban J connectivity index is 1.72. The molecule has 0 spiro atoms. The van der Waals surface area contributed by atoms with E-state index in [0.29, 0.717) is 6.42 Å². The Labute approximate surface area is 146 Å². The van der Waals surface area contributed by atoms with E-state index in [4.69, 9.17) is 0 Å². The van der Waals surface area contributed by atoms with E-state index >= 15 is 0 Å². The lowest BCUT2D eigenvalue weighted by Crippen LogP contribution is -2.29. The molecule has 0 bridgehead atoms. The number of H-pyrrole nitrogens is 1. The Bertz CT molecular complexity index is 878. The van der Waals surface area contributed by atoms with Gasteiger partial charge in [-0.05, 0) is 42.2 Å². The largest absolute Gasteiger partial charge is 0.361 e. The summed E-state index contributed by atoms with van der Waals surface area (Å²) in [6.07, 6.45) is 4.56. The zero-order valence-electron chi connectivity index (χ0n) is 14.0. The second kappa shape index (κ2) is 6.71. The highest BCUT2D eigenvalue weighted by Crippen LogP contribution is 2.34. The van der Waals surface area contributed by atoms with Crippen LogP contribution in [0.1, 0.15) is 36.3 Å². The molecule has 4 rings (SSSR count). The van der Waals surface area contributed by atoms with Gasteiger partial charge in [0.2, 0.25) is 5.91 Å². The van der Waals surface area contributed by atoms with Gasteiger partial charge in [0, 0.05) is 42.5 Å². The van der Waals surface area contributed by atoms with Crippen LogP contribution in [-0.4, -0.2) is 28.9 Å². The summed E-state index contributed by atoms with van der Waals surface area (Å²) in [6, 6.07) is 14.6. The second-order valence-electron chi connectivity index (χ2n) is 6.69. The minimum absolute atomic E-state index is 0.0788. The van der Waals surface area contributed by atoms with Crippen LogP contribution >= 0.6 is 0 Å². The van der Waals surface area contributed by atoms with E-state index < -0.39 is 0 Å². The average molecular weight is 336 g/mol. The van der Waals surface area contributed by atoms with Crippen LogP contribution in [-0.2, 0) is 4.79 Å². The van der Waals surface area contributed by atoms with Crippen LogP contribution in [0.3, 0.4) is 0 Å². The van der Waals surface area contributed by atoms with Crippen LogP contribution < -0.4 is 0 Å². The number of hydrogen-bond donors (Lipinski definition) is 1. The highest BCUT2D eigenvalue weighted by atomic mass is 19.1. The summed E-state index contributed by atoms with van der Waals surface area (Å²) < 4.78 is 13.4. The van der Waals surface area contributed by atoms with Crippen molar-refractivity contribution in [2.24, 2.45) is 0 Å². The molecule has 2 heterocycles. The molecule has 128 valence electrons. The van der Waals surface area contributed by atoms with Crippen molar-refractivity contribution < 1.29 is 9.18 Å². The smallest absolute Gasteiger partial charge is 0.223 e. The van der Waals surface area contributed by atoms with Crippen molar-refractivity contribution in [3.05, 3.63) is 71.7 Å². The number of nitrogens with zero attached hydrogens (tertiary/aromatic N) is 1. The van der Waals surface area contributed by atoms with Gasteiger partial charge in [0.05, 0.1) is 0 Å². The number of rotatable bonds is 4. The highest BCUT2D eigenvalue weighted by Gasteiger charge is 2.25. The fraction of sp³-hybridized carbons (Fsp3) is 0.286. The van der Waals surface area contributed by atoms with Crippen molar-refractivity contribution >= 4 is 16.8 Å². The number of aromatic nitrogens is 1. The number of para-hydroxylation sites is 1. The molecule has 3 nitrogen and oxygen atoms in total. The first kappa shape index (κ1) is 15.9. The van der Waals surface area contributed by atoms with E-state index in [1.165, 1.54) is 12.1 Å². The number of aromatic amines is 1. The van der Waals surface area contributed by atoms with E-state index in [9.17, 15) is 9.18 Å². The molecule has 1 atom stereocenters. The summed E-state index contributed by atoms with van der Waals surface area (Å²) >= 11 is 0. The Morgan fingerprint density at radius 3 is 2.56 bits per heavy atom. The molecule has 1 unspecified atom stereocenters. The third kappa shape index (κ3) is 3.16. The molecule has 0 radical (unpaired) electrons. The minimum Gasteiger partial charge on any atom is -0.361 e. The normalized spacial score (nSPS) is 15.6. The zero-order chi connectivity index (χ0) is 17.2. The number of carbonyl (C=O) groups excluding carboxylic acids is 1. The van der Waals surface area contributed by atoms with Crippen molar-refractivity contribution in [3.8, 4) is 0 Å². The number of carbonyl (C=O) groups is 1. The topological polar surface area (TPSA) is 36.1 Å². The number of amides is 1. The van der Waals surface area contributed by atoms with E-state index in [1.54, 1.807) is 12.1 Å². The van der Waals surface area contributed by atoms with Crippen molar-refractivity contribution in [3.63, 3.8) is 0 Å². The molecule has 0 saturated carbocycles. The Kier molecular flexibility index (Phi) is 4.26. The molecule has 1 aliphatic rings. The lowest BCUT2D eigenvalue weighted by atomic mass is 9.88. The molecule has 1 fully saturated rings. The van der Waals surface area contributed by atoms with Crippen LogP contribution in [0.15, 0.2) is 54.7 Å². The third-order valence-electron chi connectivity index (χ3n) is 5.11. The number of likely N-dealkylation sites (tertiary alicyclic amines) is 1. The van der Waals surface area contributed by atoms with Gasteiger partial charge in [0.1, 0.15) is 5.82 Å².